The smallest absolute Gasteiger partial charge is 0.257 e. The van der Waals surface area contributed by atoms with E-state index in [-0.39, 0.29) is 16.9 Å². The maximum atomic E-state index is 12.5. The first-order chi connectivity index (χ1) is 12.6. The van der Waals surface area contributed by atoms with Gasteiger partial charge >= 0.3 is 0 Å². The molecule has 6 heteroatoms. The second kappa shape index (κ2) is 10.3. The van der Waals surface area contributed by atoms with E-state index >= 15 is 0 Å². The van der Waals surface area contributed by atoms with Crippen molar-refractivity contribution in [3.05, 3.63) is 60.2 Å². The summed E-state index contributed by atoms with van der Waals surface area (Å²) in [4.78, 5) is 24.4. The molecular weight excluding hydrogens is 346 g/mol. The number of hydrogen-bond acceptors (Lipinski definition) is 3. The average Bonchev–Trinajstić information content (AvgIpc) is 2.63. The van der Waals surface area contributed by atoms with E-state index in [1.54, 1.807) is 24.3 Å². The van der Waals surface area contributed by atoms with Gasteiger partial charge in [-0.1, -0.05) is 50.1 Å². The number of amides is 2. The van der Waals surface area contributed by atoms with Crippen molar-refractivity contribution in [1.82, 2.24) is 5.32 Å². The van der Waals surface area contributed by atoms with Gasteiger partial charge in [-0.3, -0.25) is 9.59 Å². The van der Waals surface area contributed by atoms with E-state index in [1.807, 2.05) is 30.3 Å². The van der Waals surface area contributed by atoms with Crippen molar-refractivity contribution < 1.29 is 9.59 Å². The van der Waals surface area contributed by atoms with Gasteiger partial charge in [-0.15, -0.1) is 0 Å². The number of anilines is 2. The average molecular weight is 369 g/mol. The maximum Gasteiger partial charge on any atom is 0.257 e. The second-order valence-electron chi connectivity index (χ2n) is 5.83. The number of thiocarbonyl (C=S) groups is 1. The van der Waals surface area contributed by atoms with Gasteiger partial charge in [0, 0.05) is 12.1 Å². The van der Waals surface area contributed by atoms with Crippen molar-refractivity contribution in [3.63, 3.8) is 0 Å². The molecule has 0 saturated heterocycles. The highest BCUT2D eigenvalue weighted by atomic mass is 32.1. The molecule has 0 bridgehead atoms. The maximum absolute atomic E-state index is 12.5. The number of rotatable bonds is 7. The summed E-state index contributed by atoms with van der Waals surface area (Å²) in [5.41, 5.74) is 1.69. The number of unbranched alkanes of at least 4 members (excludes halogenated alkanes) is 2. The molecule has 0 aliphatic heterocycles. The molecule has 0 saturated carbocycles. The van der Waals surface area contributed by atoms with E-state index in [0.29, 0.717) is 23.4 Å². The first-order valence-corrected chi connectivity index (χ1v) is 9.07. The lowest BCUT2D eigenvalue weighted by molar-refractivity contribution is -0.119. The molecular formula is C20H23N3O2S. The van der Waals surface area contributed by atoms with Crippen LogP contribution >= 0.6 is 12.2 Å². The van der Waals surface area contributed by atoms with Gasteiger partial charge in [-0.2, -0.15) is 0 Å². The number of para-hydroxylation sites is 2. The van der Waals surface area contributed by atoms with Gasteiger partial charge in [0.25, 0.3) is 5.91 Å². The minimum Gasteiger partial charge on any atom is -0.332 e. The molecule has 0 fully saturated rings. The molecule has 2 rings (SSSR count). The zero-order valence-corrected chi connectivity index (χ0v) is 15.6. The number of nitrogens with one attached hydrogen (secondary N) is 3. The molecule has 2 amide bonds. The topological polar surface area (TPSA) is 70.2 Å². The Morgan fingerprint density at radius 1 is 0.923 bits per heavy atom. The van der Waals surface area contributed by atoms with Crippen molar-refractivity contribution in [1.29, 1.82) is 0 Å². The lowest BCUT2D eigenvalue weighted by Crippen LogP contribution is -2.34. The number of hydrogen-bond donors (Lipinski definition) is 3. The van der Waals surface area contributed by atoms with Gasteiger partial charge in [0.05, 0.1) is 11.3 Å². The molecule has 0 radical (unpaired) electrons. The molecule has 0 spiro atoms. The quantitative estimate of drug-likeness (QED) is 0.502. The summed E-state index contributed by atoms with van der Waals surface area (Å²) < 4.78 is 0. The standard InChI is InChI=1S/C20H23N3O2S/c1-2-3-5-14-18(24)23-20(26)22-17-13-9-8-12-16(17)19(25)21-15-10-6-4-7-11-15/h4,6-13H,2-3,5,14H2,1H3,(H,21,25)(H2,22,23,24,26). The van der Waals surface area contributed by atoms with Crippen LogP contribution in [0.25, 0.3) is 0 Å². The third kappa shape index (κ3) is 6.29. The van der Waals surface area contributed by atoms with Crippen molar-refractivity contribution in [2.75, 3.05) is 10.6 Å². The fraction of sp³-hybridized carbons (Fsp3) is 0.250. The third-order valence-electron chi connectivity index (χ3n) is 3.71. The highest BCUT2D eigenvalue weighted by molar-refractivity contribution is 7.80. The van der Waals surface area contributed by atoms with Crippen molar-refractivity contribution >= 4 is 40.5 Å². The Labute approximate surface area is 159 Å². The molecule has 2 aromatic rings. The molecule has 0 aliphatic rings. The Balaban J connectivity index is 1.98. The van der Waals surface area contributed by atoms with E-state index in [9.17, 15) is 9.59 Å². The molecule has 136 valence electrons. The van der Waals surface area contributed by atoms with Crippen LogP contribution in [-0.4, -0.2) is 16.9 Å². The zero-order valence-electron chi connectivity index (χ0n) is 14.7. The fourth-order valence-corrected chi connectivity index (χ4v) is 2.61. The first kappa shape index (κ1) is 19.6. The zero-order chi connectivity index (χ0) is 18.8. The monoisotopic (exact) mass is 369 g/mol. The Bertz CT molecular complexity index is 763. The number of carbonyl (C=O) groups excluding carboxylic acids is 2. The van der Waals surface area contributed by atoms with Crippen LogP contribution in [0.1, 0.15) is 43.0 Å². The Morgan fingerprint density at radius 2 is 1.62 bits per heavy atom. The Hall–Kier alpha value is -2.73. The molecule has 0 heterocycles. The predicted molar refractivity (Wildman–Crippen MR) is 109 cm³/mol. The molecule has 5 nitrogen and oxygen atoms in total. The normalized spacial score (nSPS) is 10.0. The highest BCUT2D eigenvalue weighted by Gasteiger charge is 2.13. The van der Waals surface area contributed by atoms with Crippen LogP contribution in [0, 0.1) is 0 Å². The Kier molecular flexibility index (Phi) is 7.76. The molecule has 0 aliphatic carbocycles. The third-order valence-corrected chi connectivity index (χ3v) is 3.92. The van der Waals surface area contributed by atoms with Gasteiger partial charge in [-0.05, 0) is 42.9 Å². The van der Waals surface area contributed by atoms with Crippen LogP contribution in [0.2, 0.25) is 0 Å². The summed E-state index contributed by atoms with van der Waals surface area (Å²) in [6, 6.07) is 16.2. The predicted octanol–water partition coefficient (Wildman–Crippen LogP) is 4.33. The number of benzene rings is 2. The highest BCUT2D eigenvalue weighted by Crippen LogP contribution is 2.17. The lowest BCUT2D eigenvalue weighted by atomic mass is 10.1. The van der Waals surface area contributed by atoms with Gasteiger partial charge < -0.3 is 16.0 Å². The van der Waals surface area contributed by atoms with Crippen molar-refractivity contribution in [2.45, 2.75) is 32.6 Å². The van der Waals surface area contributed by atoms with Crippen molar-refractivity contribution in [2.24, 2.45) is 0 Å². The summed E-state index contributed by atoms with van der Waals surface area (Å²) in [7, 11) is 0. The van der Waals surface area contributed by atoms with E-state index in [2.05, 4.69) is 22.9 Å². The molecule has 0 atom stereocenters. The van der Waals surface area contributed by atoms with E-state index in [1.165, 1.54) is 0 Å². The van der Waals surface area contributed by atoms with Gasteiger partial charge in [0.15, 0.2) is 5.11 Å². The minimum atomic E-state index is -0.253. The first-order valence-electron chi connectivity index (χ1n) is 8.66. The molecule has 2 aromatic carbocycles. The lowest BCUT2D eigenvalue weighted by Gasteiger charge is -2.13. The Morgan fingerprint density at radius 3 is 2.35 bits per heavy atom. The molecule has 0 unspecified atom stereocenters. The van der Waals surface area contributed by atoms with Crippen LogP contribution in [0.15, 0.2) is 54.6 Å². The fourth-order valence-electron chi connectivity index (χ4n) is 2.39. The molecule has 26 heavy (non-hydrogen) atoms. The van der Waals surface area contributed by atoms with Crippen LogP contribution < -0.4 is 16.0 Å². The summed E-state index contributed by atoms with van der Waals surface area (Å²) in [5, 5.41) is 8.61. The second-order valence-corrected chi connectivity index (χ2v) is 6.23. The minimum absolute atomic E-state index is 0.123. The van der Waals surface area contributed by atoms with Gasteiger partial charge in [0.2, 0.25) is 5.91 Å². The van der Waals surface area contributed by atoms with E-state index in [0.717, 1.165) is 19.3 Å². The summed E-state index contributed by atoms with van der Waals surface area (Å²) >= 11 is 5.19. The molecule has 0 aromatic heterocycles. The molecule has 3 N–H and O–H groups in total. The SMILES string of the molecule is CCCCCC(=O)NC(=S)Nc1ccccc1C(=O)Nc1ccccc1. The van der Waals surface area contributed by atoms with Gasteiger partial charge in [-0.25, -0.2) is 0 Å². The van der Waals surface area contributed by atoms with Gasteiger partial charge in [0.1, 0.15) is 0 Å². The van der Waals surface area contributed by atoms with Crippen molar-refractivity contribution in [3.8, 4) is 0 Å². The van der Waals surface area contributed by atoms with Crippen LogP contribution in [-0.2, 0) is 4.79 Å². The van der Waals surface area contributed by atoms with Crippen LogP contribution in [0.5, 0.6) is 0 Å². The van der Waals surface area contributed by atoms with Crippen LogP contribution in [0.3, 0.4) is 0 Å². The summed E-state index contributed by atoms with van der Waals surface area (Å²) in [6.07, 6.45) is 3.34. The largest absolute Gasteiger partial charge is 0.332 e. The number of carbonyl (C=O) groups is 2. The summed E-state index contributed by atoms with van der Waals surface area (Å²) in [6.45, 7) is 2.08. The summed E-state index contributed by atoms with van der Waals surface area (Å²) in [5.74, 6) is -0.376. The van der Waals surface area contributed by atoms with E-state index < -0.39 is 0 Å². The van der Waals surface area contributed by atoms with Crippen LogP contribution in [0.4, 0.5) is 11.4 Å². The van der Waals surface area contributed by atoms with E-state index in [4.69, 9.17) is 12.2 Å².